The van der Waals surface area contributed by atoms with Crippen LogP contribution in [0.5, 0.6) is 11.5 Å². The Hall–Kier alpha value is -4.23. The number of carbonyl (C=O) groups excluding carboxylic acids is 1. The summed E-state index contributed by atoms with van der Waals surface area (Å²) in [6.45, 7) is 0. The molecule has 1 N–H and O–H groups in total. The summed E-state index contributed by atoms with van der Waals surface area (Å²) < 4.78 is 8.44. The second-order valence-electron chi connectivity index (χ2n) is 7.41. The van der Waals surface area contributed by atoms with Gasteiger partial charge >= 0.3 is 0 Å². The monoisotopic (exact) mass is 510 g/mol. The zero-order chi connectivity index (χ0) is 23.3. The first-order chi connectivity index (χ1) is 16.7. The van der Waals surface area contributed by atoms with Crippen molar-refractivity contribution in [3.8, 4) is 28.6 Å². The number of rotatable bonds is 6. The van der Waals surface area contributed by atoms with Crippen molar-refractivity contribution in [2.24, 2.45) is 0 Å². The smallest absolute Gasteiger partial charge is 0.295 e. The Bertz CT molecular complexity index is 1400. The van der Waals surface area contributed by atoms with Gasteiger partial charge in [0.1, 0.15) is 11.5 Å². The van der Waals surface area contributed by atoms with Crippen LogP contribution in [0.4, 0.5) is 5.69 Å². The van der Waals surface area contributed by atoms with E-state index in [-0.39, 0.29) is 5.82 Å². The van der Waals surface area contributed by atoms with Crippen LogP contribution < -0.4 is 10.1 Å². The number of nitrogens with zero attached hydrogens (tertiary/aromatic N) is 3. The molecule has 0 saturated heterocycles. The Morgan fingerprint density at radius 1 is 0.765 bits per heavy atom. The van der Waals surface area contributed by atoms with Crippen LogP contribution in [0.2, 0.25) is 0 Å². The summed E-state index contributed by atoms with van der Waals surface area (Å²) >= 11 is 3.45. The third-order valence-electron chi connectivity index (χ3n) is 5.00. The SMILES string of the molecule is O=C(Nc1ccc(Oc2ccccc2)cc1)c1nc(-c2ccc(Br)cc2)n(-c2ccccc2)n1. The first-order valence-electron chi connectivity index (χ1n) is 10.6. The molecule has 34 heavy (non-hydrogen) atoms. The highest BCUT2D eigenvalue weighted by molar-refractivity contribution is 9.10. The highest BCUT2D eigenvalue weighted by atomic mass is 79.9. The van der Waals surface area contributed by atoms with Crippen molar-refractivity contribution >= 4 is 27.5 Å². The normalized spacial score (nSPS) is 10.6. The largest absolute Gasteiger partial charge is 0.457 e. The van der Waals surface area contributed by atoms with Gasteiger partial charge in [-0.2, -0.15) is 0 Å². The van der Waals surface area contributed by atoms with Gasteiger partial charge in [-0.05, 0) is 60.7 Å². The zero-order valence-electron chi connectivity index (χ0n) is 17.9. The van der Waals surface area contributed by atoms with Crippen molar-refractivity contribution in [1.82, 2.24) is 14.8 Å². The zero-order valence-corrected chi connectivity index (χ0v) is 19.5. The molecule has 0 saturated carbocycles. The van der Waals surface area contributed by atoms with Crippen LogP contribution >= 0.6 is 15.9 Å². The average Bonchev–Trinajstić information content (AvgIpc) is 3.33. The molecule has 7 heteroatoms. The number of halogens is 1. The predicted octanol–water partition coefficient (Wildman–Crippen LogP) is 6.74. The molecule has 1 heterocycles. The first kappa shape index (κ1) is 21.6. The molecule has 0 aliphatic carbocycles. The molecule has 4 aromatic carbocycles. The number of benzene rings is 4. The van der Waals surface area contributed by atoms with Crippen molar-refractivity contribution < 1.29 is 9.53 Å². The molecule has 0 aliphatic rings. The van der Waals surface area contributed by atoms with Gasteiger partial charge in [0.05, 0.1) is 5.69 Å². The van der Waals surface area contributed by atoms with Crippen LogP contribution in [0.15, 0.2) is 114 Å². The van der Waals surface area contributed by atoms with Crippen molar-refractivity contribution in [3.63, 3.8) is 0 Å². The number of aromatic nitrogens is 3. The highest BCUT2D eigenvalue weighted by Crippen LogP contribution is 2.25. The van der Waals surface area contributed by atoms with Crippen LogP contribution in [0, 0.1) is 0 Å². The van der Waals surface area contributed by atoms with Crippen molar-refractivity contribution in [2.45, 2.75) is 0 Å². The van der Waals surface area contributed by atoms with E-state index in [9.17, 15) is 4.79 Å². The molecule has 0 fully saturated rings. The molecule has 0 unspecified atom stereocenters. The van der Waals surface area contributed by atoms with Gasteiger partial charge in [0.2, 0.25) is 5.82 Å². The molecule has 5 aromatic rings. The molecule has 166 valence electrons. The van der Waals surface area contributed by atoms with Crippen LogP contribution in [-0.4, -0.2) is 20.7 Å². The Kier molecular flexibility index (Phi) is 6.18. The van der Waals surface area contributed by atoms with Gasteiger partial charge in [-0.3, -0.25) is 4.79 Å². The summed E-state index contributed by atoms with van der Waals surface area (Å²) in [6, 6.07) is 34.0. The molecule has 5 rings (SSSR count). The lowest BCUT2D eigenvalue weighted by Gasteiger charge is -2.07. The Labute approximate surface area is 205 Å². The molecular weight excluding hydrogens is 492 g/mol. The van der Waals surface area contributed by atoms with Gasteiger partial charge in [0.25, 0.3) is 5.91 Å². The molecule has 0 aliphatic heterocycles. The minimum absolute atomic E-state index is 0.0754. The standard InChI is InChI=1S/C27H19BrN4O2/c28-20-13-11-19(12-14-20)26-30-25(31-32(26)22-7-3-1-4-8-22)27(33)29-21-15-17-24(18-16-21)34-23-9-5-2-6-10-23/h1-18H,(H,29,33). The summed E-state index contributed by atoms with van der Waals surface area (Å²) in [5.41, 5.74) is 2.28. The van der Waals surface area contributed by atoms with Gasteiger partial charge in [-0.15, -0.1) is 5.10 Å². The second-order valence-corrected chi connectivity index (χ2v) is 8.32. The summed E-state index contributed by atoms with van der Waals surface area (Å²) in [4.78, 5) is 17.5. The van der Waals surface area contributed by atoms with E-state index in [2.05, 4.69) is 31.3 Å². The van der Waals surface area contributed by atoms with Crippen molar-refractivity contribution in [3.05, 3.63) is 119 Å². The fraction of sp³-hybridized carbons (Fsp3) is 0. The van der Waals surface area contributed by atoms with Gasteiger partial charge < -0.3 is 10.1 Å². The number of hydrogen-bond donors (Lipinski definition) is 1. The maximum Gasteiger partial charge on any atom is 0.295 e. The topological polar surface area (TPSA) is 69.0 Å². The predicted molar refractivity (Wildman–Crippen MR) is 135 cm³/mol. The third kappa shape index (κ3) is 4.89. The number of amides is 1. The number of hydrogen-bond acceptors (Lipinski definition) is 4. The van der Waals surface area contributed by atoms with E-state index in [1.54, 1.807) is 28.9 Å². The highest BCUT2D eigenvalue weighted by Gasteiger charge is 2.19. The Morgan fingerprint density at radius 2 is 1.38 bits per heavy atom. The Balaban J connectivity index is 1.39. The number of carbonyl (C=O) groups is 1. The molecular formula is C27H19BrN4O2. The van der Waals surface area contributed by atoms with E-state index in [0.717, 1.165) is 21.5 Å². The molecule has 6 nitrogen and oxygen atoms in total. The average molecular weight is 511 g/mol. The quantitative estimate of drug-likeness (QED) is 0.274. The minimum Gasteiger partial charge on any atom is -0.457 e. The molecule has 0 bridgehead atoms. The van der Waals surface area contributed by atoms with Gasteiger partial charge in [-0.25, -0.2) is 9.67 Å². The summed E-state index contributed by atoms with van der Waals surface area (Å²) in [5, 5.41) is 7.37. The first-order valence-corrected chi connectivity index (χ1v) is 11.4. The fourth-order valence-corrected chi connectivity index (χ4v) is 3.63. The summed E-state index contributed by atoms with van der Waals surface area (Å²) in [7, 11) is 0. The lowest BCUT2D eigenvalue weighted by Crippen LogP contribution is -2.14. The van der Waals surface area contributed by atoms with Gasteiger partial charge in [0.15, 0.2) is 5.82 Å². The second kappa shape index (κ2) is 9.72. The summed E-state index contributed by atoms with van der Waals surface area (Å²) in [6.07, 6.45) is 0. The lowest BCUT2D eigenvalue weighted by atomic mass is 10.2. The van der Waals surface area contributed by atoms with E-state index < -0.39 is 5.91 Å². The van der Waals surface area contributed by atoms with Gasteiger partial charge in [0, 0.05) is 15.7 Å². The number of nitrogens with one attached hydrogen (secondary N) is 1. The summed E-state index contributed by atoms with van der Waals surface area (Å²) in [5.74, 6) is 1.68. The van der Waals surface area contributed by atoms with E-state index in [1.165, 1.54) is 0 Å². The minimum atomic E-state index is -0.398. The van der Waals surface area contributed by atoms with E-state index in [4.69, 9.17) is 4.74 Å². The number of para-hydroxylation sites is 2. The van der Waals surface area contributed by atoms with Crippen LogP contribution in [0.25, 0.3) is 17.1 Å². The number of anilines is 1. The fourth-order valence-electron chi connectivity index (χ4n) is 3.36. The Morgan fingerprint density at radius 3 is 2.06 bits per heavy atom. The van der Waals surface area contributed by atoms with Crippen molar-refractivity contribution in [2.75, 3.05) is 5.32 Å². The van der Waals surface area contributed by atoms with E-state index in [1.807, 2.05) is 84.9 Å². The maximum atomic E-state index is 13.0. The molecule has 0 spiro atoms. The van der Waals surface area contributed by atoms with Gasteiger partial charge in [-0.1, -0.05) is 64.5 Å². The third-order valence-corrected chi connectivity index (χ3v) is 5.53. The lowest BCUT2D eigenvalue weighted by molar-refractivity contribution is 0.101. The van der Waals surface area contributed by atoms with E-state index in [0.29, 0.717) is 17.3 Å². The molecule has 1 aromatic heterocycles. The molecule has 1 amide bonds. The van der Waals surface area contributed by atoms with E-state index >= 15 is 0 Å². The van der Waals surface area contributed by atoms with Crippen LogP contribution in [-0.2, 0) is 0 Å². The number of ether oxygens (including phenoxy) is 1. The van der Waals surface area contributed by atoms with Crippen LogP contribution in [0.1, 0.15) is 10.6 Å². The molecule has 0 radical (unpaired) electrons. The van der Waals surface area contributed by atoms with Crippen LogP contribution in [0.3, 0.4) is 0 Å². The molecule has 0 atom stereocenters. The maximum absolute atomic E-state index is 13.0. The van der Waals surface area contributed by atoms with Crippen molar-refractivity contribution in [1.29, 1.82) is 0 Å².